The van der Waals surface area contributed by atoms with E-state index in [0.717, 1.165) is 23.1 Å². The summed E-state index contributed by atoms with van der Waals surface area (Å²) < 4.78 is 0. The van der Waals surface area contributed by atoms with Crippen molar-refractivity contribution in [3.8, 4) is 0 Å². The van der Waals surface area contributed by atoms with E-state index in [1.165, 1.54) is 0 Å². The van der Waals surface area contributed by atoms with E-state index in [-0.39, 0.29) is 5.91 Å². The number of aryl methyl sites for hydroxylation is 2. The normalized spacial score (nSPS) is 10.1. The first-order valence-electron chi connectivity index (χ1n) is 5.20. The molecule has 0 aliphatic rings. The molecule has 0 bridgehead atoms. The zero-order valence-electron chi connectivity index (χ0n) is 9.34. The van der Waals surface area contributed by atoms with Crippen LogP contribution in [0.5, 0.6) is 0 Å². The summed E-state index contributed by atoms with van der Waals surface area (Å²) in [6.45, 7) is 5.17. The van der Waals surface area contributed by atoms with E-state index in [1.54, 1.807) is 0 Å². The van der Waals surface area contributed by atoms with Crippen LogP contribution in [0.1, 0.15) is 27.9 Å². The van der Waals surface area contributed by atoms with Crippen LogP contribution >= 0.6 is 0 Å². The predicted molar refractivity (Wildman–Crippen MR) is 61.9 cm³/mol. The average Bonchev–Trinajstić information content (AvgIpc) is 2.22. The lowest BCUT2D eigenvalue weighted by Gasteiger charge is -2.07. The fourth-order valence-corrected chi connectivity index (χ4v) is 1.38. The van der Waals surface area contributed by atoms with Gasteiger partial charge in [-0.05, 0) is 38.4 Å². The maximum absolute atomic E-state index is 11.7. The third kappa shape index (κ3) is 3.36. The number of carbonyl (C=O) groups is 1. The van der Waals surface area contributed by atoms with E-state index < -0.39 is 0 Å². The second-order valence-electron chi connectivity index (χ2n) is 3.72. The largest absolute Gasteiger partial charge is 0.352 e. The zero-order valence-corrected chi connectivity index (χ0v) is 9.34. The van der Waals surface area contributed by atoms with E-state index in [1.807, 2.05) is 32.0 Å². The molecule has 0 saturated heterocycles. The monoisotopic (exact) mass is 206 g/mol. The van der Waals surface area contributed by atoms with Crippen molar-refractivity contribution in [2.75, 3.05) is 13.1 Å². The minimum absolute atomic E-state index is 0.00958. The minimum atomic E-state index is -0.00958. The highest BCUT2D eigenvalue weighted by Crippen LogP contribution is 2.10. The number of amides is 1. The topological polar surface area (TPSA) is 55.1 Å². The smallest absolute Gasteiger partial charge is 0.251 e. The van der Waals surface area contributed by atoms with Gasteiger partial charge in [-0.15, -0.1) is 0 Å². The molecule has 0 radical (unpaired) electrons. The molecule has 0 saturated carbocycles. The SMILES string of the molecule is Cc1ccc(C)c(C(=O)NCCCN)c1. The van der Waals surface area contributed by atoms with Crippen LogP contribution in [-0.2, 0) is 0 Å². The van der Waals surface area contributed by atoms with Crippen LogP contribution in [0.25, 0.3) is 0 Å². The standard InChI is InChI=1S/C12H18N2O/c1-9-4-5-10(2)11(8-9)12(15)14-7-3-6-13/h4-5,8H,3,6-7,13H2,1-2H3,(H,14,15). The number of nitrogens with two attached hydrogens (primary N) is 1. The van der Waals surface area contributed by atoms with Gasteiger partial charge in [-0.25, -0.2) is 0 Å². The number of hydrogen-bond acceptors (Lipinski definition) is 2. The fourth-order valence-electron chi connectivity index (χ4n) is 1.38. The van der Waals surface area contributed by atoms with Crippen molar-refractivity contribution in [2.24, 2.45) is 5.73 Å². The molecule has 0 fully saturated rings. The molecule has 0 unspecified atom stereocenters. The van der Waals surface area contributed by atoms with Gasteiger partial charge in [-0.1, -0.05) is 17.7 Å². The van der Waals surface area contributed by atoms with Crippen LogP contribution in [0, 0.1) is 13.8 Å². The van der Waals surface area contributed by atoms with Gasteiger partial charge >= 0.3 is 0 Å². The first kappa shape index (κ1) is 11.7. The molecule has 0 aliphatic heterocycles. The van der Waals surface area contributed by atoms with Gasteiger partial charge in [0.1, 0.15) is 0 Å². The van der Waals surface area contributed by atoms with Crippen LogP contribution in [0.3, 0.4) is 0 Å². The highest BCUT2D eigenvalue weighted by Gasteiger charge is 2.07. The molecule has 1 rings (SSSR count). The first-order valence-corrected chi connectivity index (χ1v) is 5.20. The Kier molecular flexibility index (Phi) is 4.31. The van der Waals surface area contributed by atoms with E-state index in [2.05, 4.69) is 5.32 Å². The van der Waals surface area contributed by atoms with E-state index in [0.29, 0.717) is 13.1 Å². The molecular weight excluding hydrogens is 188 g/mol. The lowest BCUT2D eigenvalue weighted by Crippen LogP contribution is -2.26. The van der Waals surface area contributed by atoms with Crippen LogP contribution in [0.15, 0.2) is 18.2 Å². The molecule has 3 nitrogen and oxygen atoms in total. The quantitative estimate of drug-likeness (QED) is 0.731. The van der Waals surface area contributed by atoms with Gasteiger partial charge in [0.15, 0.2) is 0 Å². The second-order valence-corrected chi connectivity index (χ2v) is 3.72. The van der Waals surface area contributed by atoms with Crippen LogP contribution < -0.4 is 11.1 Å². The Balaban J connectivity index is 2.68. The van der Waals surface area contributed by atoms with Crippen molar-refractivity contribution in [2.45, 2.75) is 20.3 Å². The van der Waals surface area contributed by atoms with E-state index in [9.17, 15) is 4.79 Å². The summed E-state index contributed by atoms with van der Waals surface area (Å²) in [5, 5.41) is 2.85. The number of hydrogen-bond donors (Lipinski definition) is 2. The van der Waals surface area contributed by atoms with Crippen LogP contribution in [0.4, 0.5) is 0 Å². The Labute approximate surface area is 90.7 Å². The molecule has 1 aromatic rings. The van der Waals surface area contributed by atoms with E-state index >= 15 is 0 Å². The van der Waals surface area contributed by atoms with Gasteiger partial charge in [-0.3, -0.25) is 4.79 Å². The molecule has 0 spiro atoms. The number of benzene rings is 1. The average molecular weight is 206 g/mol. The van der Waals surface area contributed by atoms with Crippen molar-refractivity contribution in [3.05, 3.63) is 34.9 Å². The molecule has 0 aromatic heterocycles. The number of nitrogens with one attached hydrogen (secondary N) is 1. The number of rotatable bonds is 4. The summed E-state index contributed by atoms with van der Waals surface area (Å²) in [7, 11) is 0. The molecule has 0 heterocycles. The van der Waals surface area contributed by atoms with Crippen molar-refractivity contribution < 1.29 is 4.79 Å². The summed E-state index contributed by atoms with van der Waals surface area (Å²) >= 11 is 0. The van der Waals surface area contributed by atoms with Gasteiger partial charge < -0.3 is 11.1 Å². The van der Waals surface area contributed by atoms with Crippen molar-refractivity contribution in [3.63, 3.8) is 0 Å². The maximum atomic E-state index is 11.7. The molecule has 15 heavy (non-hydrogen) atoms. The lowest BCUT2D eigenvalue weighted by molar-refractivity contribution is 0.0953. The van der Waals surface area contributed by atoms with Crippen molar-refractivity contribution in [1.29, 1.82) is 0 Å². The minimum Gasteiger partial charge on any atom is -0.352 e. The molecular formula is C12H18N2O. The summed E-state index contributed by atoms with van der Waals surface area (Å²) in [6, 6.07) is 5.88. The molecule has 82 valence electrons. The van der Waals surface area contributed by atoms with Gasteiger partial charge in [-0.2, -0.15) is 0 Å². The maximum Gasteiger partial charge on any atom is 0.251 e. The molecule has 0 atom stereocenters. The van der Waals surface area contributed by atoms with Crippen molar-refractivity contribution in [1.82, 2.24) is 5.32 Å². The number of carbonyl (C=O) groups excluding carboxylic acids is 1. The predicted octanol–water partition coefficient (Wildman–Crippen LogP) is 1.38. The zero-order chi connectivity index (χ0) is 11.3. The van der Waals surface area contributed by atoms with Gasteiger partial charge in [0.2, 0.25) is 0 Å². The van der Waals surface area contributed by atoms with Crippen LogP contribution in [-0.4, -0.2) is 19.0 Å². The van der Waals surface area contributed by atoms with Gasteiger partial charge in [0.25, 0.3) is 5.91 Å². The molecule has 3 N–H and O–H groups in total. The molecule has 3 heteroatoms. The Morgan fingerprint density at radius 3 is 2.80 bits per heavy atom. The highest BCUT2D eigenvalue weighted by atomic mass is 16.1. The first-order chi connectivity index (χ1) is 7.15. The fraction of sp³-hybridized carbons (Fsp3) is 0.417. The Bertz CT molecular complexity index is 347. The van der Waals surface area contributed by atoms with Crippen LogP contribution in [0.2, 0.25) is 0 Å². The summed E-state index contributed by atoms with van der Waals surface area (Å²) in [6.07, 6.45) is 0.816. The van der Waals surface area contributed by atoms with Gasteiger partial charge in [0.05, 0.1) is 0 Å². The third-order valence-electron chi connectivity index (χ3n) is 2.30. The summed E-state index contributed by atoms with van der Waals surface area (Å²) in [4.78, 5) is 11.7. The molecule has 1 aromatic carbocycles. The highest BCUT2D eigenvalue weighted by molar-refractivity contribution is 5.95. The Morgan fingerprint density at radius 1 is 1.40 bits per heavy atom. The summed E-state index contributed by atoms with van der Waals surface area (Å²) in [5.41, 5.74) is 8.22. The molecule has 0 aliphatic carbocycles. The Morgan fingerprint density at radius 2 is 2.13 bits per heavy atom. The summed E-state index contributed by atoms with van der Waals surface area (Å²) in [5.74, 6) is -0.00958. The van der Waals surface area contributed by atoms with E-state index in [4.69, 9.17) is 5.73 Å². The van der Waals surface area contributed by atoms with Gasteiger partial charge in [0, 0.05) is 12.1 Å². The Hall–Kier alpha value is -1.35. The molecule has 1 amide bonds. The lowest BCUT2D eigenvalue weighted by atomic mass is 10.1. The third-order valence-corrected chi connectivity index (χ3v) is 2.30. The second kappa shape index (κ2) is 5.51. The van der Waals surface area contributed by atoms with Crippen molar-refractivity contribution >= 4 is 5.91 Å².